The van der Waals surface area contributed by atoms with Gasteiger partial charge in [-0.1, -0.05) is 81.5 Å². The molecule has 0 aliphatic heterocycles. The first-order valence-electron chi connectivity index (χ1n) is 14.5. The van der Waals surface area contributed by atoms with Crippen LogP contribution in [0.1, 0.15) is 78.1 Å². The summed E-state index contributed by atoms with van der Waals surface area (Å²) in [6.45, 7) is 17.6. The Labute approximate surface area is 261 Å². The fourth-order valence-electron chi connectivity index (χ4n) is 4.30. The maximum Gasteiger partial charge on any atom is 0.408 e. The second-order valence-electron chi connectivity index (χ2n) is 12.8. The SMILES string of the molecule is C#CN(C(=O)C(NC(=O)OC(C)(C)C)C(C)C)C(C(=O)NC(Cc1ccccc1)C(=O)OC(C)(C)C)c1cccc(C=C)c1. The Bertz CT molecular complexity index is 1370. The van der Waals surface area contributed by atoms with E-state index in [9.17, 15) is 19.2 Å². The number of benzene rings is 2. The number of carbonyl (C=O) groups excluding carboxylic acids is 4. The zero-order valence-corrected chi connectivity index (χ0v) is 27.0. The van der Waals surface area contributed by atoms with E-state index in [0.29, 0.717) is 11.1 Å². The summed E-state index contributed by atoms with van der Waals surface area (Å²) in [5.74, 6) is -2.46. The Kier molecular flexibility index (Phi) is 12.3. The highest BCUT2D eigenvalue weighted by Gasteiger charge is 2.39. The van der Waals surface area contributed by atoms with E-state index >= 15 is 0 Å². The van der Waals surface area contributed by atoms with E-state index < -0.39 is 59.1 Å². The molecule has 0 aliphatic rings. The maximum absolute atomic E-state index is 14.2. The summed E-state index contributed by atoms with van der Waals surface area (Å²) in [4.78, 5) is 55.1. The number of carbonyl (C=O) groups is 4. The van der Waals surface area contributed by atoms with Crippen LogP contribution in [0.3, 0.4) is 0 Å². The molecule has 2 aromatic rings. The predicted octanol–water partition coefficient (Wildman–Crippen LogP) is 5.41. The number of terminal acetylenes is 1. The lowest BCUT2D eigenvalue weighted by atomic mass is 9.97. The first-order valence-corrected chi connectivity index (χ1v) is 14.5. The largest absolute Gasteiger partial charge is 0.458 e. The van der Waals surface area contributed by atoms with E-state index in [-0.39, 0.29) is 6.42 Å². The summed E-state index contributed by atoms with van der Waals surface area (Å²) in [6, 6.07) is 14.8. The van der Waals surface area contributed by atoms with Gasteiger partial charge in [-0.2, -0.15) is 0 Å². The van der Waals surface area contributed by atoms with Crippen molar-refractivity contribution in [2.24, 2.45) is 5.92 Å². The van der Waals surface area contributed by atoms with Crippen LogP contribution in [0, 0.1) is 18.4 Å². The van der Waals surface area contributed by atoms with Crippen molar-refractivity contribution < 1.29 is 28.7 Å². The average Bonchev–Trinajstić information content (AvgIpc) is 2.92. The Balaban J connectivity index is 2.57. The molecule has 0 saturated carbocycles. The van der Waals surface area contributed by atoms with Gasteiger partial charge in [0.25, 0.3) is 5.91 Å². The van der Waals surface area contributed by atoms with Gasteiger partial charge in [0, 0.05) is 12.5 Å². The first kappa shape index (κ1) is 35.6. The van der Waals surface area contributed by atoms with Crippen molar-refractivity contribution in [1.29, 1.82) is 0 Å². The molecule has 9 nitrogen and oxygen atoms in total. The highest BCUT2D eigenvalue weighted by Crippen LogP contribution is 2.25. The van der Waals surface area contributed by atoms with Crippen molar-refractivity contribution in [3.63, 3.8) is 0 Å². The minimum atomic E-state index is -1.37. The van der Waals surface area contributed by atoms with E-state index in [1.165, 1.54) is 0 Å². The number of amides is 3. The molecular weight excluding hydrogens is 558 g/mol. The van der Waals surface area contributed by atoms with Gasteiger partial charge in [0.05, 0.1) is 0 Å². The average molecular weight is 604 g/mol. The number of nitrogens with one attached hydrogen (secondary N) is 2. The van der Waals surface area contributed by atoms with Crippen molar-refractivity contribution in [2.75, 3.05) is 0 Å². The molecule has 2 rings (SSSR count). The van der Waals surface area contributed by atoms with Crippen LogP contribution in [0.25, 0.3) is 6.08 Å². The third-order valence-electron chi connectivity index (χ3n) is 6.24. The molecule has 9 heteroatoms. The van der Waals surface area contributed by atoms with Crippen molar-refractivity contribution >= 4 is 30.0 Å². The Morgan fingerprint density at radius 3 is 2.07 bits per heavy atom. The molecule has 236 valence electrons. The smallest absolute Gasteiger partial charge is 0.408 e. The molecule has 2 N–H and O–H groups in total. The zero-order valence-electron chi connectivity index (χ0n) is 27.0. The van der Waals surface area contributed by atoms with E-state index in [4.69, 9.17) is 15.9 Å². The molecular formula is C35H45N3O6. The van der Waals surface area contributed by atoms with Crippen LogP contribution in [0.15, 0.2) is 61.2 Å². The van der Waals surface area contributed by atoms with Crippen LogP contribution >= 0.6 is 0 Å². The molecule has 3 atom stereocenters. The van der Waals surface area contributed by atoms with Gasteiger partial charge >= 0.3 is 12.1 Å². The van der Waals surface area contributed by atoms with Crippen molar-refractivity contribution in [1.82, 2.24) is 15.5 Å². The van der Waals surface area contributed by atoms with Crippen LogP contribution in [0.4, 0.5) is 4.79 Å². The van der Waals surface area contributed by atoms with Gasteiger partial charge in [-0.3, -0.25) is 14.5 Å². The summed E-state index contributed by atoms with van der Waals surface area (Å²) >= 11 is 0. The monoisotopic (exact) mass is 603 g/mol. The van der Waals surface area contributed by atoms with Crippen LogP contribution in [-0.4, -0.2) is 52.1 Å². The molecule has 0 radical (unpaired) electrons. The molecule has 0 bridgehead atoms. The molecule has 44 heavy (non-hydrogen) atoms. The molecule has 0 spiro atoms. The fraction of sp³-hybridized carbons (Fsp3) is 0.429. The summed E-state index contributed by atoms with van der Waals surface area (Å²) in [7, 11) is 0. The maximum atomic E-state index is 14.2. The molecule has 0 saturated heterocycles. The van der Waals surface area contributed by atoms with Gasteiger partial charge in [-0.15, -0.1) is 0 Å². The molecule has 0 fully saturated rings. The Morgan fingerprint density at radius 1 is 0.932 bits per heavy atom. The standard InChI is InChI=1S/C35H45N3O6/c1-11-24-19-16-20-26(21-24)29(38(12-2)31(40)28(23(3)4)37-33(42)44-35(8,9)10)30(39)36-27(32(41)43-34(5,6)7)22-25-17-14-13-15-18-25/h2,11,13-21,23,27-29H,1,22H2,3-10H3,(H,36,39)(H,37,42). The van der Waals surface area contributed by atoms with E-state index in [1.54, 1.807) is 85.7 Å². The predicted molar refractivity (Wildman–Crippen MR) is 171 cm³/mol. The quantitative estimate of drug-likeness (QED) is 0.202. The van der Waals surface area contributed by atoms with Crippen molar-refractivity contribution in [2.45, 2.75) is 91.1 Å². The topological polar surface area (TPSA) is 114 Å². The van der Waals surface area contributed by atoms with Crippen molar-refractivity contribution in [3.8, 4) is 12.5 Å². The second kappa shape index (κ2) is 15.2. The number of hydrogen-bond donors (Lipinski definition) is 2. The summed E-state index contributed by atoms with van der Waals surface area (Å²) < 4.78 is 11.0. The Morgan fingerprint density at radius 2 is 1.55 bits per heavy atom. The molecule has 3 amide bonds. The lowest BCUT2D eigenvalue weighted by molar-refractivity contribution is -0.159. The second-order valence-corrected chi connectivity index (χ2v) is 12.8. The Hall–Kier alpha value is -4.58. The van der Waals surface area contributed by atoms with Crippen LogP contribution in [0.5, 0.6) is 0 Å². The summed E-state index contributed by atoms with van der Waals surface area (Å²) in [5.41, 5.74) is 0.245. The molecule has 0 aromatic heterocycles. The number of ether oxygens (including phenoxy) is 2. The third kappa shape index (κ3) is 10.9. The van der Waals surface area contributed by atoms with E-state index in [1.807, 2.05) is 30.3 Å². The molecule has 2 aromatic carbocycles. The number of rotatable bonds is 11. The lowest BCUT2D eigenvalue weighted by Crippen LogP contribution is -2.55. The number of hydrogen-bond acceptors (Lipinski definition) is 6. The van der Waals surface area contributed by atoms with Gasteiger partial charge in [0.15, 0.2) is 0 Å². The zero-order chi connectivity index (χ0) is 33.2. The number of nitrogens with zero attached hydrogens (tertiary/aromatic N) is 1. The summed E-state index contributed by atoms with van der Waals surface area (Å²) in [6.07, 6.45) is 6.84. The third-order valence-corrected chi connectivity index (χ3v) is 6.24. The molecule has 3 unspecified atom stereocenters. The molecule has 0 aliphatic carbocycles. The summed E-state index contributed by atoms with van der Waals surface area (Å²) in [5, 5.41) is 5.40. The molecule has 0 heterocycles. The highest BCUT2D eigenvalue weighted by atomic mass is 16.6. The van der Waals surface area contributed by atoms with Crippen molar-refractivity contribution in [3.05, 3.63) is 77.9 Å². The van der Waals surface area contributed by atoms with Gasteiger partial charge in [-0.25, -0.2) is 9.59 Å². The number of esters is 1. The van der Waals surface area contributed by atoms with Gasteiger partial charge in [-0.05, 0) is 70.2 Å². The minimum Gasteiger partial charge on any atom is -0.458 e. The van der Waals surface area contributed by atoms with Crippen LogP contribution < -0.4 is 10.6 Å². The number of alkyl carbamates (subject to hydrolysis) is 1. The minimum absolute atomic E-state index is 0.139. The highest BCUT2D eigenvalue weighted by molar-refractivity contribution is 5.95. The fourth-order valence-corrected chi connectivity index (χ4v) is 4.30. The van der Waals surface area contributed by atoms with E-state index in [0.717, 1.165) is 10.5 Å². The van der Waals surface area contributed by atoms with Crippen LogP contribution in [0.2, 0.25) is 0 Å². The van der Waals surface area contributed by atoms with Gasteiger partial charge in [0.1, 0.15) is 29.3 Å². The first-order chi connectivity index (χ1) is 20.5. The lowest BCUT2D eigenvalue weighted by Gasteiger charge is -2.33. The van der Waals surface area contributed by atoms with Gasteiger partial charge < -0.3 is 20.1 Å². The normalized spacial score (nSPS) is 13.5. The van der Waals surface area contributed by atoms with Crippen LogP contribution in [-0.2, 0) is 30.3 Å². The van der Waals surface area contributed by atoms with E-state index in [2.05, 4.69) is 23.3 Å². The van der Waals surface area contributed by atoms with Gasteiger partial charge in [0.2, 0.25) is 5.91 Å².